The molecule has 88 valence electrons. The standard InChI is InChI=1S/C11H10N2O3S/c1-6-5-7(2)13-9(8(6)10(14)15)17-11-12-3-4-16-11/h3-5H,1-2H3,(H,14,15). The molecule has 0 saturated heterocycles. The van der Waals surface area contributed by atoms with E-state index in [2.05, 4.69) is 9.97 Å². The maximum atomic E-state index is 11.2. The number of aryl methyl sites for hydroxylation is 2. The highest BCUT2D eigenvalue weighted by Crippen LogP contribution is 2.29. The minimum Gasteiger partial charge on any atom is -0.478 e. The number of rotatable bonds is 3. The second kappa shape index (κ2) is 4.58. The first-order valence-electron chi connectivity index (χ1n) is 4.87. The molecule has 0 saturated carbocycles. The summed E-state index contributed by atoms with van der Waals surface area (Å²) in [5, 5.41) is 9.94. The third-order valence-corrected chi connectivity index (χ3v) is 2.98. The van der Waals surface area contributed by atoms with Gasteiger partial charge in [-0.1, -0.05) is 0 Å². The lowest BCUT2D eigenvalue weighted by Gasteiger charge is -2.07. The molecule has 0 aliphatic carbocycles. The molecule has 0 bridgehead atoms. The second-order valence-electron chi connectivity index (χ2n) is 3.47. The van der Waals surface area contributed by atoms with E-state index in [0.717, 1.165) is 17.5 Å². The van der Waals surface area contributed by atoms with Crippen molar-refractivity contribution in [2.24, 2.45) is 0 Å². The summed E-state index contributed by atoms with van der Waals surface area (Å²) in [5.41, 5.74) is 1.64. The van der Waals surface area contributed by atoms with Crippen molar-refractivity contribution in [2.75, 3.05) is 0 Å². The van der Waals surface area contributed by atoms with Crippen molar-refractivity contribution < 1.29 is 14.3 Å². The van der Waals surface area contributed by atoms with E-state index in [0.29, 0.717) is 15.8 Å². The summed E-state index contributed by atoms with van der Waals surface area (Å²) in [6.45, 7) is 3.57. The Morgan fingerprint density at radius 2 is 2.24 bits per heavy atom. The van der Waals surface area contributed by atoms with Gasteiger partial charge in [0.25, 0.3) is 5.22 Å². The predicted octanol–water partition coefficient (Wildman–Crippen LogP) is 2.54. The average Bonchev–Trinajstić information content (AvgIpc) is 2.68. The number of oxazole rings is 1. The first-order chi connectivity index (χ1) is 8.08. The van der Waals surface area contributed by atoms with Gasteiger partial charge >= 0.3 is 5.97 Å². The Bertz CT molecular complexity index is 552. The van der Waals surface area contributed by atoms with Crippen LogP contribution in [-0.4, -0.2) is 21.0 Å². The van der Waals surface area contributed by atoms with Crippen molar-refractivity contribution in [3.63, 3.8) is 0 Å². The van der Waals surface area contributed by atoms with E-state index >= 15 is 0 Å². The molecule has 2 heterocycles. The molecule has 2 rings (SSSR count). The molecule has 0 atom stereocenters. The summed E-state index contributed by atoms with van der Waals surface area (Å²) >= 11 is 1.11. The van der Waals surface area contributed by atoms with Gasteiger partial charge < -0.3 is 9.52 Å². The zero-order chi connectivity index (χ0) is 12.4. The van der Waals surface area contributed by atoms with Gasteiger partial charge in [-0.15, -0.1) is 0 Å². The molecule has 2 aromatic heterocycles. The van der Waals surface area contributed by atoms with Gasteiger partial charge in [-0.2, -0.15) is 0 Å². The third-order valence-electron chi connectivity index (χ3n) is 2.12. The summed E-state index contributed by atoms with van der Waals surface area (Å²) < 4.78 is 5.07. The number of carboxylic acid groups (broad SMARTS) is 1. The van der Waals surface area contributed by atoms with Gasteiger partial charge in [0, 0.05) is 5.69 Å². The molecule has 0 aromatic carbocycles. The Labute approximate surface area is 102 Å². The number of carboxylic acids is 1. The molecular formula is C11H10N2O3S. The molecule has 0 fully saturated rings. The van der Waals surface area contributed by atoms with Crippen molar-refractivity contribution in [3.05, 3.63) is 35.3 Å². The maximum absolute atomic E-state index is 11.2. The van der Waals surface area contributed by atoms with Crippen LogP contribution >= 0.6 is 11.8 Å². The van der Waals surface area contributed by atoms with Crippen LogP contribution in [0.2, 0.25) is 0 Å². The number of hydrogen-bond donors (Lipinski definition) is 1. The van der Waals surface area contributed by atoms with E-state index in [4.69, 9.17) is 9.52 Å². The molecule has 0 unspecified atom stereocenters. The molecule has 0 spiro atoms. The number of carbonyl (C=O) groups is 1. The van der Waals surface area contributed by atoms with E-state index in [1.165, 1.54) is 12.5 Å². The van der Waals surface area contributed by atoms with E-state index < -0.39 is 5.97 Å². The molecular weight excluding hydrogens is 240 g/mol. The van der Waals surface area contributed by atoms with E-state index in [1.807, 2.05) is 6.92 Å². The normalized spacial score (nSPS) is 10.5. The predicted molar refractivity (Wildman–Crippen MR) is 61.3 cm³/mol. The molecule has 5 nitrogen and oxygen atoms in total. The number of pyridine rings is 1. The second-order valence-corrected chi connectivity index (χ2v) is 4.41. The minimum absolute atomic E-state index is 0.193. The number of hydrogen-bond acceptors (Lipinski definition) is 5. The fraction of sp³-hybridized carbons (Fsp3) is 0.182. The lowest BCUT2D eigenvalue weighted by atomic mass is 10.1. The zero-order valence-corrected chi connectivity index (χ0v) is 10.1. The van der Waals surface area contributed by atoms with Crippen molar-refractivity contribution >= 4 is 17.7 Å². The lowest BCUT2D eigenvalue weighted by Crippen LogP contribution is -2.05. The van der Waals surface area contributed by atoms with Crippen LogP contribution < -0.4 is 0 Å². The average molecular weight is 250 g/mol. The first kappa shape index (κ1) is 11.7. The molecule has 0 amide bonds. The van der Waals surface area contributed by atoms with Crippen molar-refractivity contribution in [2.45, 2.75) is 24.1 Å². The molecule has 0 aliphatic heterocycles. The van der Waals surface area contributed by atoms with Gasteiger partial charge in [-0.25, -0.2) is 14.8 Å². The van der Waals surface area contributed by atoms with Crippen molar-refractivity contribution in [1.29, 1.82) is 0 Å². The molecule has 0 aliphatic rings. The maximum Gasteiger partial charge on any atom is 0.338 e. The lowest BCUT2D eigenvalue weighted by molar-refractivity contribution is 0.0691. The fourth-order valence-corrected chi connectivity index (χ4v) is 2.40. The highest BCUT2D eigenvalue weighted by atomic mass is 32.2. The highest BCUT2D eigenvalue weighted by Gasteiger charge is 2.18. The van der Waals surface area contributed by atoms with Crippen LogP contribution in [0.1, 0.15) is 21.6 Å². The van der Waals surface area contributed by atoms with Crippen LogP contribution in [0.3, 0.4) is 0 Å². The van der Waals surface area contributed by atoms with Gasteiger partial charge in [-0.05, 0) is 37.2 Å². The van der Waals surface area contributed by atoms with E-state index in [-0.39, 0.29) is 5.56 Å². The quantitative estimate of drug-likeness (QED) is 0.902. The van der Waals surface area contributed by atoms with Crippen LogP contribution in [0.15, 0.2) is 33.2 Å². The summed E-state index contributed by atoms with van der Waals surface area (Å²) in [6, 6.07) is 1.74. The molecule has 1 N–H and O–H groups in total. The number of nitrogens with zero attached hydrogens (tertiary/aromatic N) is 2. The topological polar surface area (TPSA) is 76.2 Å². The zero-order valence-electron chi connectivity index (χ0n) is 9.30. The molecule has 6 heteroatoms. The van der Waals surface area contributed by atoms with Crippen LogP contribution in [0.25, 0.3) is 0 Å². The number of aromatic carboxylic acids is 1. The Morgan fingerprint density at radius 3 is 2.82 bits per heavy atom. The molecule has 2 aromatic rings. The van der Waals surface area contributed by atoms with Gasteiger partial charge in [0.2, 0.25) is 0 Å². The summed E-state index contributed by atoms with van der Waals surface area (Å²) in [5.74, 6) is -0.996. The Morgan fingerprint density at radius 1 is 1.47 bits per heavy atom. The van der Waals surface area contributed by atoms with Crippen LogP contribution in [0.5, 0.6) is 0 Å². The summed E-state index contributed by atoms with van der Waals surface area (Å²) in [4.78, 5) is 19.3. The van der Waals surface area contributed by atoms with Gasteiger partial charge in [-0.3, -0.25) is 0 Å². The minimum atomic E-state index is -0.996. The van der Waals surface area contributed by atoms with Crippen LogP contribution in [0, 0.1) is 13.8 Å². The largest absolute Gasteiger partial charge is 0.478 e. The highest BCUT2D eigenvalue weighted by molar-refractivity contribution is 7.99. The van der Waals surface area contributed by atoms with Crippen LogP contribution in [-0.2, 0) is 0 Å². The van der Waals surface area contributed by atoms with Crippen LogP contribution in [0.4, 0.5) is 0 Å². The Balaban J connectivity index is 2.47. The van der Waals surface area contributed by atoms with E-state index in [9.17, 15) is 4.79 Å². The summed E-state index contributed by atoms with van der Waals surface area (Å²) in [6.07, 6.45) is 2.94. The van der Waals surface area contributed by atoms with E-state index in [1.54, 1.807) is 13.0 Å². The van der Waals surface area contributed by atoms with Gasteiger partial charge in [0.15, 0.2) is 0 Å². The Hall–Kier alpha value is -1.82. The van der Waals surface area contributed by atoms with Gasteiger partial charge in [0.1, 0.15) is 11.3 Å². The smallest absolute Gasteiger partial charge is 0.338 e. The SMILES string of the molecule is Cc1cc(C)c(C(=O)O)c(Sc2ncco2)n1. The van der Waals surface area contributed by atoms with Gasteiger partial charge in [0.05, 0.1) is 11.8 Å². The Kier molecular flexibility index (Phi) is 3.14. The van der Waals surface area contributed by atoms with Crippen molar-refractivity contribution in [3.8, 4) is 0 Å². The third kappa shape index (κ3) is 2.47. The fourth-order valence-electron chi connectivity index (χ4n) is 1.48. The summed E-state index contributed by atoms with van der Waals surface area (Å²) in [7, 11) is 0. The first-order valence-corrected chi connectivity index (χ1v) is 5.68. The molecule has 17 heavy (non-hydrogen) atoms. The monoisotopic (exact) mass is 250 g/mol. The molecule has 0 radical (unpaired) electrons. The number of aromatic nitrogens is 2. The van der Waals surface area contributed by atoms with Crippen molar-refractivity contribution in [1.82, 2.24) is 9.97 Å².